The number of aliphatic imine (C=N–C) groups is 1. The number of nitrogens with two attached hydrogens (primary N) is 1. The molecule has 0 saturated carbocycles. The van der Waals surface area contributed by atoms with E-state index in [1.165, 1.54) is 7.05 Å². The molecule has 0 aliphatic carbocycles. The van der Waals surface area contributed by atoms with E-state index in [0.29, 0.717) is 0 Å². The minimum Gasteiger partial charge on any atom is -0.362 e. The molecule has 1 radical (unpaired) electrons. The molecule has 1 fully saturated rings. The quantitative estimate of drug-likeness (QED) is 0.759. The zero-order chi connectivity index (χ0) is 12.6. The summed E-state index contributed by atoms with van der Waals surface area (Å²) < 4.78 is 0. The van der Waals surface area contributed by atoms with E-state index in [1.807, 2.05) is 18.7 Å². The largest absolute Gasteiger partial charge is 0.362 e. The maximum absolute atomic E-state index is 11.9. The minimum atomic E-state index is -0.0869. The van der Waals surface area contributed by atoms with Gasteiger partial charge in [-0.2, -0.15) is 0 Å². The summed E-state index contributed by atoms with van der Waals surface area (Å²) in [5.41, 5.74) is 4.50. The van der Waals surface area contributed by atoms with Gasteiger partial charge < -0.3 is 16.0 Å². The molecule has 5 nitrogen and oxygen atoms in total. The molecule has 3 N–H and O–H groups in total. The number of carbonyl (C=O) groups excluding carboxylic acids is 1. The summed E-state index contributed by atoms with van der Waals surface area (Å²) in [6, 6.07) is -0.0869. The first-order valence-electron chi connectivity index (χ1n) is 5.81. The third kappa shape index (κ3) is 5.57. The molecule has 1 amide bonds. The van der Waals surface area contributed by atoms with E-state index in [-0.39, 0.29) is 30.5 Å². The summed E-state index contributed by atoms with van der Waals surface area (Å²) in [4.78, 5) is 17.9. The van der Waals surface area contributed by atoms with Gasteiger partial charge in [-0.1, -0.05) is 6.92 Å². The molecule has 1 saturated heterocycles. The average Bonchev–Trinajstić information content (AvgIpc) is 2.50. The topological polar surface area (TPSA) is 70.7 Å². The van der Waals surface area contributed by atoms with Crippen LogP contribution in [0.3, 0.4) is 0 Å². The van der Waals surface area contributed by atoms with Crippen molar-refractivity contribution in [1.82, 2.24) is 10.2 Å². The fraction of sp³-hybridized carbons (Fsp3) is 0.818. The van der Waals surface area contributed by atoms with Gasteiger partial charge in [0.05, 0.1) is 5.84 Å². The maximum atomic E-state index is 11.9. The minimum absolute atomic E-state index is 0. The average molecular weight is 279 g/mol. The molecule has 1 aliphatic rings. The van der Waals surface area contributed by atoms with Crippen LogP contribution in [0.25, 0.3) is 0 Å². The standard InChI is InChI=1S/C10H19N3O.CH5N.V/c1-4-8-10(14)13(5-2)7-6-9(11-3)12-8;1-2;/h8H,4-7H2,1-3H3,(H,11,12);2H2,1H3;. The molecule has 1 rings (SSSR count). The van der Waals surface area contributed by atoms with Crippen molar-refractivity contribution in [3.8, 4) is 0 Å². The molecule has 1 heterocycles. The van der Waals surface area contributed by atoms with Crippen LogP contribution < -0.4 is 11.1 Å². The van der Waals surface area contributed by atoms with Gasteiger partial charge in [-0.05, 0) is 20.4 Å². The Bertz CT molecular complexity index is 246. The predicted octanol–water partition coefficient (Wildman–Crippen LogP) is 0.208. The zero-order valence-corrected chi connectivity index (χ0v) is 12.6. The van der Waals surface area contributed by atoms with E-state index < -0.39 is 0 Å². The number of hydrogen-bond donors (Lipinski definition) is 2. The Morgan fingerprint density at radius 3 is 2.47 bits per heavy atom. The predicted molar refractivity (Wildman–Crippen MR) is 67.6 cm³/mol. The zero-order valence-electron chi connectivity index (χ0n) is 11.2. The molecule has 1 atom stereocenters. The first kappa shape index (κ1) is 18.8. The van der Waals surface area contributed by atoms with Gasteiger partial charge in [-0.15, -0.1) is 0 Å². The Balaban J connectivity index is 0. The van der Waals surface area contributed by atoms with Crippen molar-refractivity contribution in [1.29, 1.82) is 0 Å². The van der Waals surface area contributed by atoms with Crippen molar-refractivity contribution >= 4 is 11.7 Å². The molecule has 0 aromatic rings. The normalized spacial score (nSPS) is 21.9. The Morgan fingerprint density at radius 1 is 1.47 bits per heavy atom. The van der Waals surface area contributed by atoms with E-state index in [2.05, 4.69) is 16.0 Å². The van der Waals surface area contributed by atoms with Gasteiger partial charge in [-0.3, -0.25) is 9.79 Å². The summed E-state index contributed by atoms with van der Waals surface area (Å²) in [7, 11) is 3.27. The maximum Gasteiger partial charge on any atom is 0.245 e. The first-order valence-corrected chi connectivity index (χ1v) is 5.81. The van der Waals surface area contributed by atoms with Crippen molar-refractivity contribution in [2.75, 3.05) is 27.2 Å². The molecule has 99 valence electrons. The molecule has 0 aromatic heterocycles. The van der Waals surface area contributed by atoms with Gasteiger partial charge >= 0.3 is 0 Å². The van der Waals surface area contributed by atoms with Gasteiger partial charge in [0.25, 0.3) is 0 Å². The van der Waals surface area contributed by atoms with Crippen molar-refractivity contribution < 1.29 is 23.4 Å². The Hall–Kier alpha value is -0.516. The number of nitrogens with one attached hydrogen (secondary N) is 1. The molecule has 17 heavy (non-hydrogen) atoms. The first-order chi connectivity index (χ1) is 7.72. The third-order valence-electron chi connectivity index (χ3n) is 2.63. The summed E-state index contributed by atoms with van der Waals surface area (Å²) in [6.45, 7) is 5.60. The monoisotopic (exact) mass is 279 g/mol. The third-order valence-corrected chi connectivity index (χ3v) is 2.63. The van der Waals surface area contributed by atoms with Crippen LogP contribution in [0.2, 0.25) is 0 Å². The summed E-state index contributed by atoms with van der Waals surface area (Å²) in [6.07, 6.45) is 1.65. The number of rotatable bonds is 2. The number of nitrogens with zero attached hydrogens (tertiary/aromatic N) is 2. The van der Waals surface area contributed by atoms with Crippen LogP contribution >= 0.6 is 0 Å². The van der Waals surface area contributed by atoms with E-state index in [4.69, 9.17) is 0 Å². The summed E-state index contributed by atoms with van der Waals surface area (Å²) in [5, 5.41) is 3.19. The molecular weight excluding hydrogens is 255 g/mol. The Morgan fingerprint density at radius 2 is 2.06 bits per heavy atom. The second-order valence-corrected chi connectivity index (χ2v) is 3.44. The molecule has 1 unspecified atom stereocenters. The van der Waals surface area contributed by atoms with Gasteiger partial charge in [0.2, 0.25) is 5.91 Å². The van der Waals surface area contributed by atoms with E-state index in [9.17, 15) is 4.79 Å². The van der Waals surface area contributed by atoms with Gasteiger partial charge in [0.15, 0.2) is 0 Å². The fourth-order valence-corrected chi connectivity index (χ4v) is 1.67. The molecule has 1 aliphatic heterocycles. The summed E-state index contributed by atoms with van der Waals surface area (Å²) >= 11 is 0. The Labute approximate surface area is 116 Å². The number of amides is 1. The molecule has 0 bridgehead atoms. The fourth-order valence-electron chi connectivity index (χ4n) is 1.67. The van der Waals surface area contributed by atoms with Crippen molar-refractivity contribution in [3.63, 3.8) is 0 Å². The second kappa shape index (κ2) is 10.6. The van der Waals surface area contributed by atoms with Crippen molar-refractivity contribution in [2.24, 2.45) is 10.7 Å². The smallest absolute Gasteiger partial charge is 0.245 e. The molecule has 0 aromatic carbocycles. The van der Waals surface area contributed by atoms with Crippen LogP contribution in [-0.2, 0) is 23.4 Å². The van der Waals surface area contributed by atoms with Crippen LogP contribution in [0.1, 0.15) is 26.7 Å². The molecule has 0 spiro atoms. The number of amidine groups is 1. The van der Waals surface area contributed by atoms with Crippen molar-refractivity contribution in [2.45, 2.75) is 32.7 Å². The second-order valence-electron chi connectivity index (χ2n) is 3.44. The van der Waals surface area contributed by atoms with Crippen LogP contribution in [0.4, 0.5) is 0 Å². The number of likely N-dealkylation sites (N-methyl/N-ethyl adjacent to an activating group) is 1. The van der Waals surface area contributed by atoms with E-state index in [1.54, 1.807) is 7.05 Å². The summed E-state index contributed by atoms with van der Waals surface area (Å²) in [5.74, 6) is 1.15. The van der Waals surface area contributed by atoms with E-state index in [0.717, 1.165) is 31.8 Å². The molecular formula is C11H24N4OV. The van der Waals surface area contributed by atoms with Gasteiger partial charge in [-0.25, -0.2) is 0 Å². The number of carbonyl (C=O) groups is 1. The van der Waals surface area contributed by atoms with Crippen LogP contribution in [0.15, 0.2) is 4.99 Å². The van der Waals surface area contributed by atoms with Gasteiger partial charge in [0.1, 0.15) is 6.04 Å². The number of hydrogen-bond acceptors (Lipinski definition) is 3. The van der Waals surface area contributed by atoms with Crippen LogP contribution in [0, 0.1) is 0 Å². The van der Waals surface area contributed by atoms with E-state index >= 15 is 0 Å². The SMILES string of the molecule is CCC1NC(=NC)CCN(CC)C1=O.CN.[V]. The van der Waals surface area contributed by atoms with Gasteiger partial charge in [0, 0.05) is 45.1 Å². The van der Waals surface area contributed by atoms with Crippen LogP contribution in [-0.4, -0.2) is 49.9 Å². The van der Waals surface area contributed by atoms with Crippen LogP contribution in [0.5, 0.6) is 0 Å². The molecule has 6 heteroatoms. The van der Waals surface area contributed by atoms with Crippen molar-refractivity contribution in [3.05, 3.63) is 0 Å². The Kier molecular flexibility index (Phi) is 11.8.